The third-order valence-electron chi connectivity index (χ3n) is 10.0. The predicted octanol–water partition coefficient (Wildman–Crippen LogP) is 14.6. The average Bonchev–Trinajstić information content (AvgIpc) is 3.25. The summed E-state index contributed by atoms with van der Waals surface area (Å²) in [7, 11) is 0. The van der Waals surface area contributed by atoms with Gasteiger partial charge in [-0.15, -0.1) is 0 Å². The van der Waals surface area contributed by atoms with Gasteiger partial charge in [0.2, 0.25) is 0 Å². The lowest BCUT2D eigenvalue weighted by atomic mass is 9.84. The molecule has 1 heteroatoms. The molecule has 9 aromatic carbocycles. The van der Waals surface area contributed by atoms with Gasteiger partial charge in [-0.1, -0.05) is 170 Å². The average molecular weight is 676 g/mol. The van der Waals surface area contributed by atoms with Crippen molar-refractivity contribution in [2.75, 3.05) is 4.90 Å². The Kier molecular flexibility index (Phi) is 8.66. The van der Waals surface area contributed by atoms with Crippen molar-refractivity contribution in [3.05, 3.63) is 224 Å². The second kappa shape index (κ2) is 14.3. The summed E-state index contributed by atoms with van der Waals surface area (Å²) < 4.78 is 0. The van der Waals surface area contributed by atoms with Gasteiger partial charge in [-0.25, -0.2) is 0 Å². The SMILES string of the molecule is c1ccc(-c2cc(-c3ccccc3)c(-c3cccc(N(c4ccccc4)c4ccc5ccc(-c6ccccc6)cc5c4)c3)c(-c3ccccc3)c2)cc1. The number of hydrogen-bond donors (Lipinski definition) is 0. The van der Waals surface area contributed by atoms with Crippen LogP contribution in [0.2, 0.25) is 0 Å². The van der Waals surface area contributed by atoms with Crippen LogP contribution in [0.3, 0.4) is 0 Å². The van der Waals surface area contributed by atoms with Gasteiger partial charge in [0.1, 0.15) is 0 Å². The van der Waals surface area contributed by atoms with Crippen LogP contribution in [0.1, 0.15) is 0 Å². The maximum absolute atomic E-state index is 2.38. The molecule has 0 aliphatic rings. The first-order valence-electron chi connectivity index (χ1n) is 18.2. The molecular weight excluding hydrogens is 639 g/mol. The second-order valence-electron chi connectivity index (χ2n) is 13.4. The fraction of sp³-hybridized carbons (Fsp3) is 0. The van der Waals surface area contributed by atoms with Crippen LogP contribution in [0, 0.1) is 0 Å². The fourth-order valence-electron chi connectivity index (χ4n) is 7.45. The summed E-state index contributed by atoms with van der Waals surface area (Å²) in [6.45, 7) is 0. The molecule has 9 rings (SSSR count). The maximum Gasteiger partial charge on any atom is 0.0468 e. The first-order valence-corrected chi connectivity index (χ1v) is 18.2. The summed E-state index contributed by atoms with van der Waals surface area (Å²) >= 11 is 0. The number of fused-ring (bicyclic) bond motifs is 1. The van der Waals surface area contributed by atoms with Gasteiger partial charge in [0.05, 0.1) is 0 Å². The Balaban J connectivity index is 1.25. The van der Waals surface area contributed by atoms with E-state index in [1.807, 2.05) is 0 Å². The van der Waals surface area contributed by atoms with Crippen molar-refractivity contribution in [1.82, 2.24) is 0 Å². The maximum atomic E-state index is 2.38. The number of hydrogen-bond acceptors (Lipinski definition) is 1. The summed E-state index contributed by atoms with van der Waals surface area (Å²) in [6, 6.07) is 80.9. The Morgan fingerprint density at radius 2 is 0.679 bits per heavy atom. The lowest BCUT2D eigenvalue weighted by Gasteiger charge is -2.27. The van der Waals surface area contributed by atoms with E-state index in [0.29, 0.717) is 0 Å². The molecule has 0 radical (unpaired) electrons. The standard InChI is InChI=1S/C52H37N/c1-6-17-38(18-7-1)43-30-29-40-31-32-49(35-45(40)33-43)53(47-26-14-5-15-27-47)48-28-16-25-44(34-48)52-50(41-21-10-3-11-22-41)36-46(39-19-8-2-9-20-39)37-51(52)42-23-12-4-13-24-42/h1-37H. The van der Waals surface area contributed by atoms with Gasteiger partial charge in [0.25, 0.3) is 0 Å². The molecule has 0 aromatic heterocycles. The molecule has 0 saturated heterocycles. The molecule has 0 bridgehead atoms. The van der Waals surface area contributed by atoms with Crippen molar-refractivity contribution in [2.45, 2.75) is 0 Å². The summed E-state index contributed by atoms with van der Waals surface area (Å²) in [6.07, 6.45) is 0. The van der Waals surface area contributed by atoms with Crippen LogP contribution >= 0.6 is 0 Å². The molecule has 0 aliphatic heterocycles. The normalized spacial score (nSPS) is 11.0. The highest BCUT2D eigenvalue weighted by molar-refractivity contribution is 5.99. The molecule has 0 N–H and O–H groups in total. The molecule has 0 fully saturated rings. The highest BCUT2D eigenvalue weighted by Gasteiger charge is 2.20. The van der Waals surface area contributed by atoms with Gasteiger partial charge in [0, 0.05) is 17.1 Å². The highest BCUT2D eigenvalue weighted by atomic mass is 15.1. The van der Waals surface area contributed by atoms with E-state index in [1.54, 1.807) is 0 Å². The topological polar surface area (TPSA) is 3.24 Å². The molecule has 0 amide bonds. The molecular formula is C52H37N. The number of anilines is 3. The monoisotopic (exact) mass is 675 g/mol. The Labute approximate surface area is 311 Å². The second-order valence-corrected chi connectivity index (χ2v) is 13.4. The van der Waals surface area contributed by atoms with Gasteiger partial charge < -0.3 is 4.90 Å². The number of para-hydroxylation sites is 1. The molecule has 1 nitrogen and oxygen atoms in total. The summed E-state index contributed by atoms with van der Waals surface area (Å²) in [5.41, 5.74) is 15.3. The quantitative estimate of drug-likeness (QED) is 0.155. The number of nitrogens with zero attached hydrogens (tertiary/aromatic N) is 1. The molecule has 0 aliphatic carbocycles. The van der Waals surface area contributed by atoms with Gasteiger partial charge in [0.15, 0.2) is 0 Å². The number of benzene rings is 9. The zero-order valence-electron chi connectivity index (χ0n) is 29.3. The van der Waals surface area contributed by atoms with E-state index < -0.39 is 0 Å². The van der Waals surface area contributed by atoms with Crippen molar-refractivity contribution in [2.24, 2.45) is 0 Å². The summed E-state index contributed by atoms with van der Waals surface area (Å²) in [5, 5.41) is 2.42. The Hall–Kier alpha value is -6.96. The Bertz CT molecular complexity index is 2570. The third kappa shape index (κ3) is 6.53. The molecule has 0 unspecified atom stereocenters. The lowest BCUT2D eigenvalue weighted by molar-refractivity contribution is 1.29. The van der Waals surface area contributed by atoms with Crippen LogP contribution in [-0.4, -0.2) is 0 Å². The molecule has 9 aromatic rings. The highest BCUT2D eigenvalue weighted by Crippen LogP contribution is 2.45. The van der Waals surface area contributed by atoms with Crippen LogP contribution in [0.4, 0.5) is 17.1 Å². The van der Waals surface area contributed by atoms with E-state index in [9.17, 15) is 0 Å². The zero-order valence-corrected chi connectivity index (χ0v) is 29.3. The first kappa shape index (κ1) is 32.0. The summed E-state index contributed by atoms with van der Waals surface area (Å²) in [4.78, 5) is 2.38. The van der Waals surface area contributed by atoms with Crippen molar-refractivity contribution in [3.8, 4) is 55.6 Å². The minimum absolute atomic E-state index is 1.09. The first-order chi connectivity index (χ1) is 26.3. The fourth-order valence-corrected chi connectivity index (χ4v) is 7.45. The summed E-state index contributed by atoms with van der Waals surface area (Å²) in [5.74, 6) is 0. The van der Waals surface area contributed by atoms with E-state index >= 15 is 0 Å². The zero-order chi connectivity index (χ0) is 35.4. The van der Waals surface area contributed by atoms with Crippen LogP contribution < -0.4 is 4.90 Å². The molecule has 250 valence electrons. The van der Waals surface area contributed by atoms with Crippen LogP contribution in [0.25, 0.3) is 66.4 Å². The molecule has 0 heterocycles. The largest absolute Gasteiger partial charge is 0.310 e. The van der Waals surface area contributed by atoms with Crippen molar-refractivity contribution >= 4 is 27.8 Å². The van der Waals surface area contributed by atoms with Gasteiger partial charge >= 0.3 is 0 Å². The van der Waals surface area contributed by atoms with Crippen LogP contribution in [-0.2, 0) is 0 Å². The molecule has 53 heavy (non-hydrogen) atoms. The molecule has 0 spiro atoms. The molecule has 0 atom stereocenters. The predicted molar refractivity (Wildman–Crippen MR) is 226 cm³/mol. The van der Waals surface area contributed by atoms with Crippen LogP contribution in [0.5, 0.6) is 0 Å². The lowest BCUT2D eigenvalue weighted by Crippen LogP contribution is -2.10. The van der Waals surface area contributed by atoms with Crippen molar-refractivity contribution in [3.63, 3.8) is 0 Å². The van der Waals surface area contributed by atoms with E-state index in [1.165, 1.54) is 60.8 Å². The minimum Gasteiger partial charge on any atom is -0.310 e. The minimum atomic E-state index is 1.09. The van der Waals surface area contributed by atoms with Crippen molar-refractivity contribution in [1.29, 1.82) is 0 Å². The Morgan fingerprint density at radius 1 is 0.226 bits per heavy atom. The van der Waals surface area contributed by atoms with E-state index in [-0.39, 0.29) is 0 Å². The van der Waals surface area contributed by atoms with E-state index in [0.717, 1.165) is 22.6 Å². The molecule has 0 saturated carbocycles. The van der Waals surface area contributed by atoms with Crippen molar-refractivity contribution < 1.29 is 0 Å². The van der Waals surface area contributed by atoms with Gasteiger partial charge in [-0.05, 0) is 121 Å². The van der Waals surface area contributed by atoms with E-state index in [2.05, 4.69) is 229 Å². The third-order valence-corrected chi connectivity index (χ3v) is 10.0. The van der Waals surface area contributed by atoms with E-state index in [4.69, 9.17) is 0 Å². The van der Waals surface area contributed by atoms with Crippen LogP contribution in [0.15, 0.2) is 224 Å². The Morgan fingerprint density at radius 3 is 1.26 bits per heavy atom. The smallest absolute Gasteiger partial charge is 0.0468 e. The van der Waals surface area contributed by atoms with Gasteiger partial charge in [-0.2, -0.15) is 0 Å². The number of rotatable bonds is 8. The van der Waals surface area contributed by atoms with Gasteiger partial charge in [-0.3, -0.25) is 0 Å².